The molecule has 5 rings (SSSR count). The molecule has 0 unspecified atom stereocenters. The number of hydrogen-bond donors (Lipinski definition) is 1. The van der Waals surface area contributed by atoms with Crippen LogP contribution in [0, 0.1) is 11.6 Å². The van der Waals surface area contributed by atoms with Crippen molar-refractivity contribution in [2.45, 2.75) is 25.1 Å². The Morgan fingerprint density at radius 2 is 1.86 bits per heavy atom. The summed E-state index contributed by atoms with van der Waals surface area (Å²) >= 11 is 0. The minimum atomic E-state index is -1.90. The molecule has 0 radical (unpaired) electrons. The summed E-state index contributed by atoms with van der Waals surface area (Å²) in [6, 6.07) is 11.0. The molecule has 0 bridgehead atoms. The summed E-state index contributed by atoms with van der Waals surface area (Å²) in [6.07, 6.45) is 6.19. The number of aromatic nitrogens is 5. The highest BCUT2D eigenvalue weighted by Gasteiger charge is 2.46. The molecule has 4 aromatic rings. The Morgan fingerprint density at radius 1 is 1.09 bits per heavy atom. The van der Waals surface area contributed by atoms with Crippen molar-refractivity contribution < 1.29 is 18.7 Å². The smallest absolute Gasteiger partial charge is 0.324 e. The number of rotatable bonds is 7. The minimum absolute atomic E-state index is 0.128. The fraction of sp³-hybridized carbons (Fsp3) is 0.250. The van der Waals surface area contributed by atoms with Crippen molar-refractivity contribution in [1.82, 2.24) is 29.4 Å². The molecule has 35 heavy (non-hydrogen) atoms. The second-order valence-corrected chi connectivity index (χ2v) is 8.41. The average Bonchev–Trinajstić information content (AvgIpc) is 3.61. The summed E-state index contributed by atoms with van der Waals surface area (Å²) < 4.78 is 31.5. The molecule has 2 aromatic heterocycles. The molecular formula is C24H23F2N7O2. The molecule has 0 aliphatic carbocycles. The van der Waals surface area contributed by atoms with Gasteiger partial charge in [0.2, 0.25) is 0 Å². The van der Waals surface area contributed by atoms with E-state index in [0.717, 1.165) is 11.8 Å². The quantitative estimate of drug-likeness (QED) is 0.440. The Bertz CT molecular complexity index is 1310. The monoisotopic (exact) mass is 479 g/mol. The van der Waals surface area contributed by atoms with Crippen molar-refractivity contribution in [1.29, 1.82) is 0 Å². The van der Waals surface area contributed by atoms with E-state index in [9.17, 15) is 18.7 Å². The fourth-order valence-electron chi connectivity index (χ4n) is 4.46. The van der Waals surface area contributed by atoms with Gasteiger partial charge in [0.1, 0.15) is 29.9 Å². The van der Waals surface area contributed by atoms with Crippen LogP contribution in [0.1, 0.15) is 12.5 Å². The molecule has 11 heteroatoms. The van der Waals surface area contributed by atoms with Crippen molar-refractivity contribution in [2.24, 2.45) is 0 Å². The summed E-state index contributed by atoms with van der Waals surface area (Å²) in [7, 11) is 0. The van der Waals surface area contributed by atoms with Gasteiger partial charge in [0.05, 0.1) is 18.3 Å². The first-order chi connectivity index (χ1) is 16.9. The fourth-order valence-corrected chi connectivity index (χ4v) is 4.46. The van der Waals surface area contributed by atoms with E-state index < -0.39 is 23.3 Å². The number of hydrogen-bond acceptors (Lipinski definition) is 5. The standard InChI is InChI=1S/C24H23F2N7O2/c1-17(24(35,14-30-16-27-15-29-30)21-8-3-18(25)13-22(21)26)31-11-12-32(23(31)34)19-4-6-20(7-5-19)33-10-2-9-28-33/h2-10,13,15-17,35H,11-12,14H2,1H3/t17-,24-/m0/s1. The number of aliphatic hydroxyl groups is 1. The molecule has 0 saturated carbocycles. The van der Waals surface area contributed by atoms with Gasteiger partial charge in [0.15, 0.2) is 0 Å². The second-order valence-electron chi connectivity index (χ2n) is 8.41. The Hall–Kier alpha value is -4.12. The largest absolute Gasteiger partial charge is 0.381 e. The van der Waals surface area contributed by atoms with Crippen LogP contribution < -0.4 is 4.90 Å². The van der Waals surface area contributed by atoms with E-state index in [1.165, 1.54) is 28.3 Å². The van der Waals surface area contributed by atoms with E-state index in [1.54, 1.807) is 22.7 Å². The first-order valence-corrected chi connectivity index (χ1v) is 11.1. The van der Waals surface area contributed by atoms with Gasteiger partial charge in [-0.1, -0.05) is 6.07 Å². The van der Waals surface area contributed by atoms with Crippen LogP contribution in [0.3, 0.4) is 0 Å². The molecule has 9 nitrogen and oxygen atoms in total. The lowest BCUT2D eigenvalue weighted by Crippen LogP contribution is -2.53. The van der Waals surface area contributed by atoms with Crippen molar-refractivity contribution in [3.05, 3.63) is 90.8 Å². The van der Waals surface area contributed by atoms with Gasteiger partial charge >= 0.3 is 6.03 Å². The first-order valence-electron chi connectivity index (χ1n) is 11.1. The molecule has 2 aromatic carbocycles. The van der Waals surface area contributed by atoms with Crippen LogP contribution >= 0.6 is 0 Å². The van der Waals surface area contributed by atoms with Gasteiger partial charge in [-0.05, 0) is 43.3 Å². The number of nitrogens with zero attached hydrogens (tertiary/aromatic N) is 7. The number of urea groups is 1. The zero-order valence-corrected chi connectivity index (χ0v) is 18.9. The van der Waals surface area contributed by atoms with Crippen molar-refractivity contribution in [3.8, 4) is 5.69 Å². The predicted octanol–water partition coefficient (Wildman–Crippen LogP) is 2.96. The van der Waals surface area contributed by atoms with Gasteiger partial charge in [0, 0.05) is 42.8 Å². The third kappa shape index (κ3) is 4.14. The SMILES string of the molecule is C[C@H](N1CCN(c2ccc(-n3cccn3)cc2)C1=O)[C@@](O)(Cn1cncn1)c1ccc(F)cc1F. The van der Waals surface area contributed by atoms with Crippen LogP contribution in [-0.4, -0.2) is 59.7 Å². The average molecular weight is 479 g/mol. The van der Waals surface area contributed by atoms with E-state index in [2.05, 4.69) is 15.2 Å². The third-order valence-electron chi connectivity index (χ3n) is 6.40. The minimum Gasteiger partial charge on any atom is -0.381 e. The molecule has 2 atom stereocenters. The maximum atomic E-state index is 14.8. The molecule has 3 heterocycles. The number of carbonyl (C=O) groups is 1. The van der Waals surface area contributed by atoms with Crippen LogP contribution in [0.5, 0.6) is 0 Å². The first kappa shape index (κ1) is 22.7. The maximum absolute atomic E-state index is 14.8. The summed E-state index contributed by atoms with van der Waals surface area (Å²) in [5, 5.41) is 20.0. The molecule has 1 fully saturated rings. The maximum Gasteiger partial charge on any atom is 0.324 e. The van der Waals surface area contributed by atoms with E-state index >= 15 is 0 Å². The normalized spacial score (nSPS) is 16.5. The Labute approximate surface area is 199 Å². The van der Waals surface area contributed by atoms with Gasteiger partial charge in [-0.25, -0.2) is 27.9 Å². The number of halogens is 2. The van der Waals surface area contributed by atoms with Gasteiger partial charge in [-0.2, -0.15) is 10.2 Å². The lowest BCUT2D eigenvalue weighted by Gasteiger charge is -2.39. The topological polar surface area (TPSA) is 92.3 Å². The van der Waals surface area contributed by atoms with Crippen LogP contribution in [0.2, 0.25) is 0 Å². The molecule has 1 aliphatic heterocycles. The van der Waals surface area contributed by atoms with Gasteiger partial charge in [0.25, 0.3) is 0 Å². The van der Waals surface area contributed by atoms with E-state index in [0.29, 0.717) is 24.8 Å². The van der Waals surface area contributed by atoms with Gasteiger partial charge < -0.3 is 10.0 Å². The van der Waals surface area contributed by atoms with E-state index in [1.807, 2.05) is 36.5 Å². The Kier molecular flexibility index (Phi) is 5.77. The van der Waals surface area contributed by atoms with Crippen molar-refractivity contribution >= 4 is 11.7 Å². The zero-order valence-electron chi connectivity index (χ0n) is 18.9. The van der Waals surface area contributed by atoms with Crippen LogP contribution in [0.4, 0.5) is 19.3 Å². The highest BCUT2D eigenvalue weighted by molar-refractivity contribution is 5.94. The third-order valence-corrected chi connectivity index (χ3v) is 6.40. The lowest BCUT2D eigenvalue weighted by atomic mass is 9.85. The summed E-state index contributed by atoms with van der Waals surface area (Å²) in [4.78, 5) is 20.4. The van der Waals surface area contributed by atoms with E-state index in [4.69, 9.17) is 0 Å². The Morgan fingerprint density at radius 3 is 2.51 bits per heavy atom. The number of amides is 2. The molecule has 1 aliphatic rings. The van der Waals surface area contributed by atoms with Crippen LogP contribution in [0.15, 0.2) is 73.6 Å². The Balaban J connectivity index is 1.43. The van der Waals surface area contributed by atoms with Crippen LogP contribution in [0.25, 0.3) is 5.69 Å². The molecule has 2 amide bonds. The van der Waals surface area contributed by atoms with Crippen LogP contribution in [-0.2, 0) is 12.1 Å². The summed E-state index contributed by atoms with van der Waals surface area (Å²) in [6.45, 7) is 2.15. The second kappa shape index (κ2) is 8.91. The number of benzene rings is 2. The lowest BCUT2D eigenvalue weighted by molar-refractivity contribution is -0.0475. The summed E-state index contributed by atoms with van der Waals surface area (Å²) in [5.74, 6) is -1.67. The molecule has 1 saturated heterocycles. The molecule has 0 spiro atoms. The van der Waals surface area contributed by atoms with Crippen molar-refractivity contribution in [3.63, 3.8) is 0 Å². The number of carbonyl (C=O) groups excluding carboxylic acids is 1. The molecule has 1 N–H and O–H groups in total. The molecule has 180 valence electrons. The number of anilines is 1. The highest BCUT2D eigenvalue weighted by Crippen LogP contribution is 2.35. The van der Waals surface area contributed by atoms with Gasteiger partial charge in [-0.3, -0.25) is 4.90 Å². The van der Waals surface area contributed by atoms with Crippen molar-refractivity contribution in [2.75, 3.05) is 18.0 Å². The molecular weight excluding hydrogens is 456 g/mol. The zero-order chi connectivity index (χ0) is 24.6. The predicted molar refractivity (Wildman–Crippen MR) is 123 cm³/mol. The highest BCUT2D eigenvalue weighted by atomic mass is 19.1. The van der Waals surface area contributed by atoms with E-state index in [-0.39, 0.29) is 18.1 Å². The summed E-state index contributed by atoms with van der Waals surface area (Å²) in [5.41, 5.74) is -0.490. The van der Waals surface area contributed by atoms with Gasteiger partial charge in [-0.15, -0.1) is 0 Å².